The molecule has 0 atom stereocenters. The van der Waals surface area contributed by atoms with Gasteiger partial charge in [-0.15, -0.1) is 0 Å². The number of amides is 2. The Balaban J connectivity index is 3.35. The molecule has 1 aromatic carbocycles. The van der Waals surface area contributed by atoms with Crippen LogP contribution in [0, 0.1) is 13.8 Å². The monoisotopic (exact) mass is 351 g/mol. The summed E-state index contributed by atoms with van der Waals surface area (Å²) in [6, 6.07) is 1.60. The third-order valence-electron chi connectivity index (χ3n) is 3.82. The molecule has 0 heterocycles. The fraction of sp³-hybridized carbons (Fsp3) is 0.556. The summed E-state index contributed by atoms with van der Waals surface area (Å²) in [4.78, 5) is 25.0. The number of benzene rings is 1. The number of hydrogen-bond acceptors (Lipinski definition) is 5. The van der Waals surface area contributed by atoms with Crippen molar-refractivity contribution in [2.75, 3.05) is 13.2 Å². The quantitative estimate of drug-likeness (QED) is 0.590. The van der Waals surface area contributed by atoms with Crippen LogP contribution in [0.1, 0.15) is 59.5 Å². The van der Waals surface area contributed by atoms with Gasteiger partial charge in [0.1, 0.15) is 0 Å². The van der Waals surface area contributed by atoms with Crippen LogP contribution < -0.4 is 15.7 Å². The average molecular weight is 351 g/mol. The number of rotatable bonds is 6. The first-order chi connectivity index (χ1) is 11.3. The Morgan fingerprint density at radius 3 is 1.52 bits per heavy atom. The van der Waals surface area contributed by atoms with Gasteiger partial charge >= 0.3 is 0 Å². The minimum absolute atomic E-state index is 0.126. The molecule has 0 aliphatic rings. The lowest BCUT2D eigenvalue weighted by Gasteiger charge is -2.29. The molecule has 0 aliphatic heterocycles. The predicted molar refractivity (Wildman–Crippen MR) is 92.6 cm³/mol. The van der Waals surface area contributed by atoms with Crippen LogP contribution in [0.4, 0.5) is 0 Å². The van der Waals surface area contributed by atoms with Crippen LogP contribution in [-0.2, 0) is 0 Å². The third kappa shape index (κ3) is 4.93. The van der Waals surface area contributed by atoms with Crippen molar-refractivity contribution in [3.05, 3.63) is 28.3 Å². The van der Waals surface area contributed by atoms with E-state index >= 15 is 0 Å². The number of carbonyl (C=O) groups excluding carboxylic acids is 2. The second-order valence-corrected chi connectivity index (χ2v) is 7.58. The van der Waals surface area contributed by atoms with E-state index in [4.69, 9.17) is 0 Å². The van der Waals surface area contributed by atoms with E-state index in [0.717, 1.165) is 0 Å². The van der Waals surface area contributed by atoms with Gasteiger partial charge in [-0.25, -0.2) is 0 Å². The first-order valence-corrected chi connectivity index (χ1v) is 8.03. The summed E-state index contributed by atoms with van der Waals surface area (Å²) in [5.41, 5.74) is -1.15. The van der Waals surface area contributed by atoms with Gasteiger partial charge in [-0.3, -0.25) is 9.59 Å². The molecule has 0 saturated heterocycles. The molecule has 0 spiro atoms. The van der Waals surface area contributed by atoms with Gasteiger partial charge in [-0.1, -0.05) is 11.8 Å². The average Bonchev–Trinajstić information content (AvgIpc) is 2.45. The summed E-state index contributed by atoms with van der Waals surface area (Å²) < 4.78 is 0. The lowest BCUT2D eigenvalue weighted by atomic mass is 9.95. The molecule has 0 radical (unpaired) electrons. The van der Waals surface area contributed by atoms with Crippen molar-refractivity contribution >= 4 is 11.8 Å². The van der Waals surface area contributed by atoms with E-state index in [0.29, 0.717) is 11.1 Å². The molecule has 4 N–H and O–H groups in total. The van der Waals surface area contributed by atoms with Gasteiger partial charge in [0.15, 0.2) is 0 Å². The maximum atomic E-state index is 12.8. The normalized spacial score (nSPS) is 12.0. The minimum atomic E-state index is -0.901. The third-order valence-corrected chi connectivity index (χ3v) is 3.82. The summed E-state index contributed by atoms with van der Waals surface area (Å²) in [6.45, 7) is 9.13. The van der Waals surface area contributed by atoms with Gasteiger partial charge in [0, 0.05) is 11.1 Å². The Labute approximate surface area is 148 Å². The molecule has 0 fully saturated rings. The predicted octanol–water partition coefficient (Wildman–Crippen LogP) is 0.378. The smallest absolute Gasteiger partial charge is 0.251 e. The van der Waals surface area contributed by atoms with Crippen LogP contribution in [0.15, 0.2) is 6.07 Å². The number of hydrogen-bond donors (Lipinski definition) is 4. The lowest BCUT2D eigenvalue weighted by Crippen LogP contribution is -2.47. The number of carbonyl (C=O) groups is 2. The molecule has 0 bridgehead atoms. The highest BCUT2D eigenvalue weighted by molar-refractivity contribution is 6.05. The maximum absolute atomic E-state index is 12.8. The largest absolute Gasteiger partial charge is 0.871 e. The highest BCUT2D eigenvalue weighted by Crippen LogP contribution is 2.28. The van der Waals surface area contributed by atoms with E-state index in [1.54, 1.807) is 47.6 Å². The van der Waals surface area contributed by atoms with Crippen LogP contribution in [-0.4, -0.2) is 46.3 Å². The second-order valence-electron chi connectivity index (χ2n) is 7.58. The Kier molecular flexibility index (Phi) is 6.20. The van der Waals surface area contributed by atoms with E-state index in [1.807, 2.05) is 0 Å². The van der Waals surface area contributed by atoms with Crippen LogP contribution >= 0.6 is 0 Å². The van der Waals surface area contributed by atoms with Crippen LogP contribution in [0.25, 0.3) is 0 Å². The van der Waals surface area contributed by atoms with E-state index in [-0.39, 0.29) is 24.3 Å². The first-order valence-electron chi connectivity index (χ1n) is 8.03. The van der Waals surface area contributed by atoms with Gasteiger partial charge in [-0.05, 0) is 52.7 Å². The molecule has 0 unspecified atom stereocenters. The highest BCUT2D eigenvalue weighted by Gasteiger charge is 2.26. The SMILES string of the molecule is Cc1cc(C)c(C(=O)NC(C)(C)CO)c([O-])c1C(=O)NC(C)(C)CO. The van der Waals surface area contributed by atoms with Crippen molar-refractivity contribution in [1.29, 1.82) is 0 Å². The Hall–Kier alpha value is -2.12. The molecule has 2 amide bonds. The van der Waals surface area contributed by atoms with E-state index in [9.17, 15) is 24.9 Å². The van der Waals surface area contributed by atoms with Crippen molar-refractivity contribution in [2.45, 2.75) is 52.6 Å². The van der Waals surface area contributed by atoms with Gasteiger partial charge in [-0.2, -0.15) is 0 Å². The summed E-state index contributed by atoms with van der Waals surface area (Å²) in [5, 5.41) is 36.6. The molecule has 140 valence electrons. The Bertz CT molecular complexity index is 626. The molecule has 0 aromatic heterocycles. The van der Waals surface area contributed by atoms with E-state index < -0.39 is 28.6 Å². The second kappa shape index (κ2) is 7.41. The zero-order valence-electron chi connectivity index (χ0n) is 15.6. The highest BCUT2D eigenvalue weighted by atomic mass is 16.3. The van der Waals surface area contributed by atoms with Crippen molar-refractivity contribution in [2.24, 2.45) is 0 Å². The van der Waals surface area contributed by atoms with Gasteiger partial charge in [0.2, 0.25) is 0 Å². The standard InChI is InChI=1S/C18H28N2O5/c1-10-7-11(2)13(16(25)20-18(5,6)9-22)14(23)12(10)15(24)19-17(3,4)8-21/h7,21-23H,8-9H2,1-6H3,(H,19,24)(H,20,25)/p-1. The Morgan fingerprint density at radius 1 is 0.920 bits per heavy atom. The van der Waals surface area contributed by atoms with Gasteiger partial charge < -0.3 is 26.0 Å². The van der Waals surface area contributed by atoms with Crippen LogP contribution in [0.3, 0.4) is 0 Å². The molecule has 1 aromatic rings. The number of aliphatic hydroxyl groups is 2. The van der Waals surface area contributed by atoms with Crippen LogP contribution in [0.5, 0.6) is 5.75 Å². The van der Waals surface area contributed by atoms with E-state index in [1.165, 1.54) is 0 Å². The molecule has 0 aliphatic carbocycles. The maximum Gasteiger partial charge on any atom is 0.251 e. The topological polar surface area (TPSA) is 122 Å². The van der Waals surface area contributed by atoms with Crippen molar-refractivity contribution in [3.8, 4) is 5.75 Å². The summed E-state index contributed by atoms with van der Waals surface area (Å²) in [6.07, 6.45) is 0. The van der Waals surface area contributed by atoms with Crippen molar-refractivity contribution < 1.29 is 24.9 Å². The zero-order chi connectivity index (χ0) is 19.6. The number of nitrogens with one attached hydrogen (secondary N) is 2. The molecular weight excluding hydrogens is 324 g/mol. The first kappa shape index (κ1) is 20.9. The zero-order valence-corrected chi connectivity index (χ0v) is 15.6. The fourth-order valence-corrected chi connectivity index (χ4v) is 2.34. The summed E-state index contributed by atoms with van der Waals surface area (Å²) >= 11 is 0. The number of aryl methyl sites for hydroxylation is 2. The van der Waals surface area contributed by atoms with Crippen molar-refractivity contribution in [3.63, 3.8) is 0 Å². The molecule has 7 heteroatoms. The molecule has 1 rings (SSSR count). The Morgan fingerprint density at radius 2 is 1.24 bits per heavy atom. The molecular formula is C18H27N2O5-. The summed E-state index contributed by atoms with van der Waals surface area (Å²) in [5.74, 6) is -1.95. The molecule has 25 heavy (non-hydrogen) atoms. The fourth-order valence-electron chi connectivity index (χ4n) is 2.34. The van der Waals surface area contributed by atoms with Gasteiger partial charge in [0.25, 0.3) is 11.8 Å². The molecule has 0 saturated carbocycles. The van der Waals surface area contributed by atoms with Crippen LogP contribution in [0.2, 0.25) is 0 Å². The summed E-state index contributed by atoms with van der Waals surface area (Å²) in [7, 11) is 0. The molecule has 7 nitrogen and oxygen atoms in total. The number of aliphatic hydroxyl groups excluding tert-OH is 2. The van der Waals surface area contributed by atoms with Gasteiger partial charge in [0.05, 0.1) is 24.3 Å². The van der Waals surface area contributed by atoms with E-state index in [2.05, 4.69) is 10.6 Å². The van der Waals surface area contributed by atoms with Crippen molar-refractivity contribution in [1.82, 2.24) is 10.6 Å². The minimum Gasteiger partial charge on any atom is -0.871 e. The lowest BCUT2D eigenvalue weighted by molar-refractivity contribution is -0.269.